The zero-order chi connectivity index (χ0) is 13.2. The van der Waals surface area contributed by atoms with E-state index in [4.69, 9.17) is 4.98 Å². The van der Waals surface area contributed by atoms with E-state index in [1.54, 1.807) is 0 Å². The molecule has 4 heteroatoms. The second-order valence-corrected chi connectivity index (χ2v) is 6.28. The summed E-state index contributed by atoms with van der Waals surface area (Å²) in [7, 11) is 2.02. The number of hydrogen-bond acceptors (Lipinski definition) is 4. The van der Waals surface area contributed by atoms with Crippen LogP contribution in [0.2, 0.25) is 0 Å². The molecular formula is C15H19N3S. The molecule has 3 rings (SSSR count). The van der Waals surface area contributed by atoms with Gasteiger partial charge in [-0.3, -0.25) is 4.98 Å². The first kappa shape index (κ1) is 12.8. The van der Waals surface area contributed by atoms with E-state index in [0.717, 1.165) is 17.2 Å². The topological polar surface area (TPSA) is 37.8 Å². The van der Waals surface area contributed by atoms with Crippen molar-refractivity contribution < 1.29 is 0 Å². The molecular weight excluding hydrogens is 254 g/mol. The van der Waals surface area contributed by atoms with E-state index in [1.165, 1.54) is 35.4 Å². The van der Waals surface area contributed by atoms with Crippen molar-refractivity contribution in [2.24, 2.45) is 0 Å². The molecule has 0 spiro atoms. The van der Waals surface area contributed by atoms with E-state index in [1.807, 2.05) is 30.6 Å². The SMILES string of the molecule is CNCC1CCCc2sc(-c3cc(C)ccn3)nc21. The Balaban J connectivity index is 1.97. The second kappa shape index (κ2) is 5.39. The Labute approximate surface area is 118 Å². The second-order valence-electron chi connectivity index (χ2n) is 5.19. The van der Waals surface area contributed by atoms with Gasteiger partial charge in [0.1, 0.15) is 5.01 Å². The molecule has 1 N–H and O–H groups in total. The highest BCUT2D eigenvalue weighted by Crippen LogP contribution is 2.37. The molecule has 100 valence electrons. The minimum absolute atomic E-state index is 0.573. The molecule has 0 aliphatic heterocycles. The summed E-state index contributed by atoms with van der Waals surface area (Å²) in [5, 5.41) is 4.37. The predicted octanol–water partition coefficient (Wildman–Crippen LogP) is 3.15. The van der Waals surface area contributed by atoms with Crippen molar-refractivity contribution >= 4 is 11.3 Å². The summed E-state index contributed by atoms with van der Waals surface area (Å²) in [5.74, 6) is 0.573. The summed E-state index contributed by atoms with van der Waals surface area (Å²) in [6.07, 6.45) is 5.58. The number of nitrogens with zero attached hydrogens (tertiary/aromatic N) is 2. The fourth-order valence-corrected chi connectivity index (χ4v) is 3.87. The van der Waals surface area contributed by atoms with Gasteiger partial charge in [0.25, 0.3) is 0 Å². The van der Waals surface area contributed by atoms with Gasteiger partial charge in [-0.15, -0.1) is 11.3 Å². The molecule has 2 heterocycles. The average molecular weight is 273 g/mol. The summed E-state index contributed by atoms with van der Waals surface area (Å²) < 4.78 is 0. The van der Waals surface area contributed by atoms with E-state index in [0.29, 0.717) is 5.92 Å². The monoisotopic (exact) mass is 273 g/mol. The van der Waals surface area contributed by atoms with E-state index in [2.05, 4.69) is 23.3 Å². The van der Waals surface area contributed by atoms with Crippen LogP contribution in [0.15, 0.2) is 18.3 Å². The van der Waals surface area contributed by atoms with Crippen LogP contribution in [-0.2, 0) is 6.42 Å². The lowest BCUT2D eigenvalue weighted by Gasteiger charge is -2.20. The zero-order valence-corrected chi connectivity index (χ0v) is 12.3. The molecule has 1 aliphatic rings. The summed E-state index contributed by atoms with van der Waals surface area (Å²) >= 11 is 1.83. The molecule has 1 unspecified atom stereocenters. The number of hydrogen-bond donors (Lipinski definition) is 1. The van der Waals surface area contributed by atoms with Gasteiger partial charge in [0.2, 0.25) is 0 Å². The zero-order valence-electron chi connectivity index (χ0n) is 11.4. The largest absolute Gasteiger partial charge is 0.319 e. The molecule has 2 aromatic heterocycles. The van der Waals surface area contributed by atoms with Crippen LogP contribution in [0, 0.1) is 6.92 Å². The number of aryl methyl sites for hydroxylation is 2. The number of nitrogens with one attached hydrogen (secondary N) is 1. The van der Waals surface area contributed by atoms with Gasteiger partial charge >= 0.3 is 0 Å². The Morgan fingerprint density at radius 1 is 1.47 bits per heavy atom. The Morgan fingerprint density at radius 2 is 2.37 bits per heavy atom. The van der Waals surface area contributed by atoms with Crippen molar-refractivity contribution in [3.8, 4) is 10.7 Å². The van der Waals surface area contributed by atoms with E-state index in [9.17, 15) is 0 Å². The first-order valence-corrected chi connectivity index (χ1v) is 7.67. The third kappa shape index (κ3) is 2.55. The summed E-state index contributed by atoms with van der Waals surface area (Å²) in [6, 6.07) is 4.15. The van der Waals surface area contributed by atoms with Crippen LogP contribution < -0.4 is 5.32 Å². The number of pyridine rings is 1. The van der Waals surface area contributed by atoms with Crippen LogP contribution in [0.4, 0.5) is 0 Å². The molecule has 0 bridgehead atoms. The highest BCUT2D eigenvalue weighted by atomic mass is 32.1. The summed E-state index contributed by atoms with van der Waals surface area (Å²) in [6.45, 7) is 3.12. The van der Waals surface area contributed by atoms with Gasteiger partial charge in [0.15, 0.2) is 0 Å². The molecule has 2 aromatic rings. The molecule has 0 aromatic carbocycles. The van der Waals surface area contributed by atoms with Gasteiger partial charge in [-0.1, -0.05) is 0 Å². The van der Waals surface area contributed by atoms with Gasteiger partial charge in [0, 0.05) is 23.5 Å². The Morgan fingerprint density at radius 3 is 3.16 bits per heavy atom. The van der Waals surface area contributed by atoms with Crippen molar-refractivity contribution in [3.63, 3.8) is 0 Å². The molecule has 1 aliphatic carbocycles. The summed E-state index contributed by atoms with van der Waals surface area (Å²) in [4.78, 5) is 10.8. The standard InChI is InChI=1S/C15H19N3S/c1-10-6-7-17-12(8-10)15-18-14-11(9-16-2)4-3-5-13(14)19-15/h6-8,11,16H,3-5,9H2,1-2H3. The van der Waals surface area contributed by atoms with E-state index < -0.39 is 0 Å². The Bertz CT molecular complexity index is 577. The Hall–Kier alpha value is -1.26. The van der Waals surface area contributed by atoms with Gasteiger partial charge in [0.05, 0.1) is 11.4 Å². The van der Waals surface area contributed by atoms with Crippen LogP contribution in [0.5, 0.6) is 0 Å². The van der Waals surface area contributed by atoms with Crippen molar-refractivity contribution in [1.82, 2.24) is 15.3 Å². The molecule has 0 radical (unpaired) electrons. The summed E-state index contributed by atoms with van der Waals surface area (Å²) in [5.41, 5.74) is 3.57. The van der Waals surface area contributed by atoms with Gasteiger partial charge in [-0.2, -0.15) is 0 Å². The molecule has 0 saturated heterocycles. The average Bonchev–Trinajstić information content (AvgIpc) is 2.84. The van der Waals surface area contributed by atoms with Gasteiger partial charge < -0.3 is 5.32 Å². The number of likely N-dealkylation sites (N-methyl/N-ethyl adjacent to an activating group) is 1. The van der Waals surface area contributed by atoms with Crippen molar-refractivity contribution in [1.29, 1.82) is 0 Å². The van der Waals surface area contributed by atoms with Crippen LogP contribution in [0.1, 0.15) is 34.9 Å². The first-order chi connectivity index (χ1) is 9.28. The van der Waals surface area contributed by atoms with Crippen molar-refractivity contribution in [2.45, 2.75) is 32.1 Å². The molecule has 19 heavy (non-hydrogen) atoms. The van der Waals surface area contributed by atoms with Gasteiger partial charge in [-0.05, 0) is 50.9 Å². The third-order valence-electron chi connectivity index (χ3n) is 3.66. The van der Waals surface area contributed by atoms with Crippen LogP contribution in [0.3, 0.4) is 0 Å². The molecule has 3 nitrogen and oxygen atoms in total. The van der Waals surface area contributed by atoms with Crippen molar-refractivity contribution in [2.75, 3.05) is 13.6 Å². The molecule has 0 saturated carbocycles. The van der Waals surface area contributed by atoms with Crippen LogP contribution in [0.25, 0.3) is 10.7 Å². The minimum atomic E-state index is 0.573. The van der Waals surface area contributed by atoms with Crippen molar-refractivity contribution in [3.05, 3.63) is 34.5 Å². The Kier molecular flexibility index (Phi) is 3.62. The quantitative estimate of drug-likeness (QED) is 0.933. The fourth-order valence-electron chi connectivity index (χ4n) is 2.72. The number of fused-ring (bicyclic) bond motifs is 1. The maximum Gasteiger partial charge on any atom is 0.142 e. The molecule has 0 fully saturated rings. The van der Waals surface area contributed by atoms with E-state index in [-0.39, 0.29) is 0 Å². The maximum absolute atomic E-state index is 4.88. The normalized spacial score (nSPS) is 18.3. The highest BCUT2D eigenvalue weighted by Gasteiger charge is 2.24. The first-order valence-electron chi connectivity index (χ1n) is 6.85. The van der Waals surface area contributed by atoms with E-state index >= 15 is 0 Å². The number of aromatic nitrogens is 2. The lowest BCUT2D eigenvalue weighted by Crippen LogP contribution is -2.20. The predicted molar refractivity (Wildman–Crippen MR) is 79.7 cm³/mol. The fraction of sp³-hybridized carbons (Fsp3) is 0.467. The smallest absolute Gasteiger partial charge is 0.142 e. The van der Waals surface area contributed by atoms with Crippen LogP contribution >= 0.6 is 11.3 Å². The number of rotatable bonds is 3. The minimum Gasteiger partial charge on any atom is -0.319 e. The third-order valence-corrected chi connectivity index (χ3v) is 4.81. The molecule has 1 atom stereocenters. The van der Waals surface area contributed by atoms with Crippen LogP contribution in [-0.4, -0.2) is 23.6 Å². The lowest BCUT2D eigenvalue weighted by atomic mass is 9.91. The number of thiazole rings is 1. The molecule has 0 amide bonds. The maximum atomic E-state index is 4.88. The highest BCUT2D eigenvalue weighted by molar-refractivity contribution is 7.15. The van der Waals surface area contributed by atoms with Gasteiger partial charge in [-0.25, -0.2) is 4.98 Å². The lowest BCUT2D eigenvalue weighted by molar-refractivity contribution is 0.523.